The molecule has 2 aliphatic heterocycles. The molecular formula is C19H25ClN2O4S. The molecule has 2 heterocycles. The lowest BCUT2D eigenvalue weighted by Gasteiger charge is -2.47. The van der Waals surface area contributed by atoms with E-state index in [9.17, 15) is 13.2 Å². The van der Waals surface area contributed by atoms with Crippen molar-refractivity contribution >= 4 is 33.0 Å². The Labute approximate surface area is 165 Å². The number of carbonyl (C=O) groups excluding carboxylic acids is 1. The second kappa shape index (κ2) is 7.26. The van der Waals surface area contributed by atoms with Gasteiger partial charge in [-0.3, -0.25) is 9.69 Å². The first-order chi connectivity index (χ1) is 12.9. The average Bonchev–Trinajstić information content (AvgIpc) is 2.96. The van der Waals surface area contributed by atoms with E-state index in [-0.39, 0.29) is 36.0 Å². The van der Waals surface area contributed by atoms with Crippen LogP contribution in [-0.4, -0.2) is 62.5 Å². The van der Waals surface area contributed by atoms with Crippen LogP contribution in [0, 0.1) is 0 Å². The minimum absolute atomic E-state index is 0.0102. The summed E-state index contributed by atoms with van der Waals surface area (Å²) in [6.45, 7) is 0.269. The van der Waals surface area contributed by atoms with Gasteiger partial charge in [0.2, 0.25) is 5.91 Å². The number of halogens is 1. The molecule has 1 saturated carbocycles. The second-order valence-corrected chi connectivity index (χ2v) is 10.3. The van der Waals surface area contributed by atoms with Crippen molar-refractivity contribution in [2.45, 2.75) is 50.2 Å². The first-order valence-electron chi connectivity index (χ1n) is 9.51. The zero-order valence-electron chi connectivity index (χ0n) is 15.4. The lowest BCUT2D eigenvalue weighted by molar-refractivity contribution is -0.124. The van der Waals surface area contributed by atoms with Crippen molar-refractivity contribution < 1.29 is 17.9 Å². The fourth-order valence-electron chi connectivity index (χ4n) is 4.86. The Morgan fingerprint density at radius 3 is 2.48 bits per heavy atom. The minimum atomic E-state index is -3.18. The van der Waals surface area contributed by atoms with Crippen LogP contribution in [0.3, 0.4) is 0 Å². The summed E-state index contributed by atoms with van der Waals surface area (Å²) in [6.07, 6.45) is 5.62. The normalized spacial score (nSPS) is 29.0. The van der Waals surface area contributed by atoms with Gasteiger partial charge in [0.15, 0.2) is 9.84 Å². The molecule has 0 bridgehead atoms. The minimum Gasteiger partial charge on any atom is -0.495 e. The van der Waals surface area contributed by atoms with Crippen LogP contribution in [0.25, 0.3) is 0 Å². The van der Waals surface area contributed by atoms with Crippen molar-refractivity contribution in [2.75, 3.05) is 30.1 Å². The summed E-state index contributed by atoms with van der Waals surface area (Å²) in [5.74, 6) is 0.613. The van der Waals surface area contributed by atoms with Crippen LogP contribution >= 0.6 is 11.6 Å². The van der Waals surface area contributed by atoms with Crippen LogP contribution in [0.2, 0.25) is 5.02 Å². The van der Waals surface area contributed by atoms with E-state index in [4.69, 9.17) is 16.3 Å². The Kier molecular flexibility index (Phi) is 5.12. The van der Waals surface area contributed by atoms with Crippen LogP contribution in [0.1, 0.15) is 32.1 Å². The summed E-state index contributed by atoms with van der Waals surface area (Å²) in [7, 11) is -1.64. The number of anilines is 1. The number of fused-ring (bicyclic) bond motifs is 1. The predicted molar refractivity (Wildman–Crippen MR) is 105 cm³/mol. The number of piperazine rings is 1. The van der Waals surface area contributed by atoms with Gasteiger partial charge in [-0.15, -0.1) is 0 Å². The standard InChI is InChI=1S/C19H25ClN2O4S/c1-26-18-8-7-14(9-15(18)20)22-17-12-27(24,25)11-16(17)21(10-19(22)23)13-5-3-2-4-6-13/h7-9,13,16-17H,2-6,10-12H2,1H3/t16-,17+/m0/s1. The summed E-state index contributed by atoms with van der Waals surface area (Å²) in [5, 5.41) is 0.412. The van der Waals surface area contributed by atoms with E-state index in [1.807, 2.05) is 0 Å². The van der Waals surface area contributed by atoms with Crippen LogP contribution in [-0.2, 0) is 14.6 Å². The fraction of sp³-hybridized carbons (Fsp3) is 0.632. The van der Waals surface area contributed by atoms with Crippen molar-refractivity contribution in [2.24, 2.45) is 0 Å². The van der Waals surface area contributed by atoms with Crippen LogP contribution in [0.15, 0.2) is 18.2 Å². The molecular weight excluding hydrogens is 388 g/mol. The Morgan fingerprint density at radius 1 is 1.11 bits per heavy atom. The monoisotopic (exact) mass is 412 g/mol. The number of sulfone groups is 1. The van der Waals surface area contributed by atoms with Crippen LogP contribution in [0.4, 0.5) is 5.69 Å². The zero-order valence-corrected chi connectivity index (χ0v) is 17.0. The smallest absolute Gasteiger partial charge is 0.241 e. The van der Waals surface area contributed by atoms with Gasteiger partial charge in [0.05, 0.1) is 36.2 Å². The SMILES string of the molecule is COc1ccc(N2C(=O)CN(C3CCCCC3)[C@H]3CS(=O)(=O)C[C@H]32)cc1Cl. The van der Waals surface area contributed by atoms with E-state index >= 15 is 0 Å². The molecule has 2 saturated heterocycles. The third-order valence-corrected chi connectivity index (χ3v) is 8.09. The number of amides is 1. The number of nitrogens with zero attached hydrogens (tertiary/aromatic N) is 2. The van der Waals surface area contributed by atoms with Crippen molar-refractivity contribution in [1.29, 1.82) is 0 Å². The number of hydrogen-bond donors (Lipinski definition) is 0. The Bertz CT molecular complexity index is 838. The molecule has 4 rings (SSSR count). The van der Waals surface area contributed by atoms with Gasteiger partial charge in [-0.2, -0.15) is 0 Å². The quantitative estimate of drug-likeness (QED) is 0.763. The predicted octanol–water partition coefficient (Wildman–Crippen LogP) is 2.50. The molecule has 2 atom stereocenters. The third kappa shape index (κ3) is 3.57. The topological polar surface area (TPSA) is 66.9 Å². The van der Waals surface area contributed by atoms with E-state index in [1.54, 1.807) is 23.1 Å². The zero-order chi connectivity index (χ0) is 19.2. The third-order valence-electron chi connectivity index (χ3n) is 6.09. The van der Waals surface area contributed by atoms with Crippen molar-refractivity contribution in [3.05, 3.63) is 23.2 Å². The Balaban J connectivity index is 1.68. The summed E-state index contributed by atoms with van der Waals surface area (Å²) < 4.78 is 30.1. The highest BCUT2D eigenvalue weighted by Gasteiger charge is 2.51. The van der Waals surface area contributed by atoms with Gasteiger partial charge in [0.25, 0.3) is 0 Å². The number of ether oxygens (including phenoxy) is 1. The van der Waals surface area contributed by atoms with Crippen LogP contribution < -0.4 is 9.64 Å². The highest BCUT2D eigenvalue weighted by atomic mass is 35.5. The van der Waals surface area contributed by atoms with Crippen molar-refractivity contribution in [1.82, 2.24) is 4.90 Å². The maximum atomic E-state index is 13.1. The van der Waals surface area contributed by atoms with E-state index in [1.165, 1.54) is 13.5 Å². The molecule has 8 heteroatoms. The highest BCUT2D eigenvalue weighted by Crippen LogP contribution is 2.37. The first kappa shape index (κ1) is 19.0. The van der Waals surface area contributed by atoms with Gasteiger partial charge in [-0.05, 0) is 31.0 Å². The Morgan fingerprint density at radius 2 is 1.81 bits per heavy atom. The Hall–Kier alpha value is -1.31. The van der Waals surface area contributed by atoms with Crippen molar-refractivity contribution in [3.63, 3.8) is 0 Å². The molecule has 0 aromatic heterocycles. The molecule has 27 heavy (non-hydrogen) atoms. The summed E-state index contributed by atoms with van der Waals surface area (Å²) >= 11 is 6.25. The number of benzene rings is 1. The molecule has 6 nitrogen and oxygen atoms in total. The summed E-state index contributed by atoms with van der Waals surface area (Å²) in [5.41, 5.74) is 0.640. The molecule has 3 fully saturated rings. The van der Waals surface area contributed by atoms with Crippen molar-refractivity contribution in [3.8, 4) is 5.75 Å². The largest absolute Gasteiger partial charge is 0.495 e. The molecule has 1 aliphatic carbocycles. The lowest BCUT2D eigenvalue weighted by Crippen LogP contribution is -2.64. The van der Waals surface area contributed by atoms with E-state index in [2.05, 4.69) is 4.90 Å². The molecule has 1 aromatic rings. The molecule has 1 aromatic carbocycles. The van der Waals surface area contributed by atoms with E-state index < -0.39 is 9.84 Å². The van der Waals surface area contributed by atoms with Gasteiger partial charge in [0.1, 0.15) is 5.75 Å². The number of carbonyl (C=O) groups is 1. The molecule has 148 valence electrons. The van der Waals surface area contributed by atoms with Gasteiger partial charge in [-0.25, -0.2) is 8.42 Å². The summed E-state index contributed by atoms with van der Waals surface area (Å²) in [4.78, 5) is 16.9. The first-order valence-corrected chi connectivity index (χ1v) is 11.7. The van der Waals surface area contributed by atoms with Gasteiger partial charge in [-0.1, -0.05) is 30.9 Å². The maximum absolute atomic E-state index is 13.1. The molecule has 1 amide bonds. The van der Waals surface area contributed by atoms with Gasteiger partial charge >= 0.3 is 0 Å². The van der Waals surface area contributed by atoms with E-state index in [0.717, 1.165) is 25.7 Å². The molecule has 3 aliphatic rings. The van der Waals surface area contributed by atoms with E-state index in [0.29, 0.717) is 22.5 Å². The lowest BCUT2D eigenvalue weighted by atomic mass is 9.91. The molecule has 0 unspecified atom stereocenters. The molecule has 0 radical (unpaired) electrons. The molecule has 0 spiro atoms. The fourth-order valence-corrected chi connectivity index (χ4v) is 7.08. The van der Waals surface area contributed by atoms with Gasteiger partial charge in [0, 0.05) is 17.8 Å². The molecule has 0 N–H and O–H groups in total. The highest BCUT2D eigenvalue weighted by molar-refractivity contribution is 7.91. The van der Waals surface area contributed by atoms with Crippen LogP contribution in [0.5, 0.6) is 5.75 Å². The number of rotatable bonds is 3. The maximum Gasteiger partial charge on any atom is 0.241 e. The summed E-state index contributed by atoms with van der Waals surface area (Å²) in [6, 6.07) is 5.00. The average molecular weight is 413 g/mol. The second-order valence-electron chi connectivity index (χ2n) is 7.76. The number of methoxy groups -OCH3 is 1. The number of hydrogen-bond acceptors (Lipinski definition) is 5. The van der Waals surface area contributed by atoms with Gasteiger partial charge < -0.3 is 9.64 Å².